The molecular weight excluding hydrogens is 118 g/mol. The van der Waals surface area contributed by atoms with Gasteiger partial charge in [0.1, 0.15) is 0 Å². The highest BCUT2D eigenvalue weighted by molar-refractivity contribution is 4.84. The molecule has 0 aliphatic heterocycles. The van der Waals surface area contributed by atoms with Crippen molar-refractivity contribution in [2.75, 3.05) is 5.84 Å². The van der Waals surface area contributed by atoms with E-state index in [-0.39, 0.29) is 0 Å². The van der Waals surface area contributed by atoms with E-state index in [0.717, 1.165) is 4.91 Å². The molecule has 50 valence electrons. The van der Waals surface area contributed by atoms with E-state index in [2.05, 4.69) is 15.4 Å². The summed E-state index contributed by atoms with van der Waals surface area (Å²) in [6, 6.07) is 0. The number of nitrogens with two attached hydrogens (primary N) is 1. The van der Waals surface area contributed by atoms with Gasteiger partial charge in [-0.2, -0.15) is 0 Å². The number of nitrogen functional groups attached to an aromatic ring is 1. The van der Waals surface area contributed by atoms with Gasteiger partial charge in [-0.05, 0) is 5.21 Å². The summed E-state index contributed by atoms with van der Waals surface area (Å²) in [6.07, 6.45) is 0. The van der Waals surface area contributed by atoms with Gasteiger partial charge in [-0.1, -0.05) is 18.8 Å². The van der Waals surface area contributed by atoms with Gasteiger partial charge in [0, 0.05) is 5.92 Å². The van der Waals surface area contributed by atoms with Crippen LogP contribution in [-0.2, 0) is 0 Å². The Kier molecular flexibility index (Phi) is 1.33. The highest BCUT2D eigenvalue weighted by atomic mass is 15.7. The Bertz CT molecular complexity index is 191. The topological polar surface area (TPSA) is 69.6 Å². The van der Waals surface area contributed by atoms with Crippen LogP contribution >= 0.6 is 0 Å². The summed E-state index contributed by atoms with van der Waals surface area (Å²) >= 11 is 0. The second-order valence-corrected chi connectivity index (χ2v) is 2.12. The van der Waals surface area contributed by atoms with Crippen LogP contribution in [0, 0.1) is 0 Å². The van der Waals surface area contributed by atoms with Crippen LogP contribution in [0.25, 0.3) is 0 Å². The van der Waals surface area contributed by atoms with Crippen LogP contribution in [0.2, 0.25) is 0 Å². The van der Waals surface area contributed by atoms with Crippen molar-refractivity contribution in [2.45, 2.75) is 19.8 Å². The Hall–Kier alpha value is -1.13. The zero-order valence-electron chi connectivity index (χ0n) is 5.44. The number of rotatable bonds is 1. The average molecular weight is 127 g/mol. The van der Waals surface area contributed by atoms with Crippen LogP contribution in [0.5, 0.6) is 0 Å². The quantitative estimate of drug-likeness (QED) is 0.517. The lowest BCUT2D eigenvalue weighted by Crippen LogP contribution is -2.12. The van der Waals surface area contributed by atoms with Crippen LogP contribution in [0.3, 0.4) is 0 Å². The molecule has 2 N–H and O–H groups in total. The number of aromatic nitrogens is 4. The van der Waals surface area contributed by atoms with Gasteiger partial charge in [-0.3, -0.25) is 0 Å². The van der Waals surface area contributed by atoms with Gasteiger partial charge in [-0.15, -0.1) is 10.2 Å². The molecule has 5 nitrogen and oxygen atoms in total. The fourth-order valence-corrected chi connectivity index (χ4v) is 0.468. The molecule has 1 rings (SSSR count). The molecule has 0 atom stereocenters. The molecule has 1 heterocycles. The van der Waals surface area contributed by atoms with E-state index in [4.69, 9.17) is 5.84 Å². The predicted octanol–water partition coefficient (Wildman–Crippen LogP) is -0.490. The Morgan fingerprint density at radius 3 is 2.44 bits per heavy atom. The first-order valence-electron chi connectivity index (χ1n) is 2.75. The third kappa shape index (κ3) is 1.16. The normalized spacial score (nSPS) is 10.6. The van der Waals surface area contributed by atoms with Crippen molar-refractivity contribution in [2.24, 2.45) is 0 Å². The lowest BCUT2D eigenvalue weighted by molar-refractivity contribution is 0.673. The SMILES string of the molecule is CC(C)c1nnn(N)n1. The lowest BCUT2D eigenvalue weighted by Gasteiger charge is -1.91. The molecule has 1 aromatic rings. The largest absolute Gasteiger partial charge is 0.304 e. The van der Waals surface area contributed by atoms with E-state index in [1.807, 2.05) is 13.8 Å². The van der Waals surface area contributed by atoms with Crippen LogP contribution in [0.1, 0.15) is 25.6 Å². The summed E-state index contributed by atoms with van der Waals surface area (Å²) in [6.45, 7) is 3.97. The molecular formula is C4H9N5. The van der Waals surface area contributed by atoms with Crippen molar-refractivity contribution in [1.82, 2.24) is 20.3 Å². The molecule has 0 aromatic carbocycles. The Morgan fingerprint density at radius 2 is 2.22 bits per heavy atom. The zero-order chi connectivity index (χ0) is 6.85. The van der Waals surface area contributed by atoms with E-state index >= 15 is 0 Å². The Morgan fingerprint density at radius 1 is 1.56 bits per heavy atom. The molecule has 0 saturated heterocycles. The Labute approximate surface area is 52.8 Å². The van der Waals surface area contributed by atoms with Gasteiger partial charge >= 0.3 is 0 Å². The van der Waals surface area contributed by atoms with Gasteiger partial charge in [-0.25, -0.2) is 0 Å². The maximum atomic E-state index is 5.15. The van der Waals surface area contributed by atoms with Gasteiger partial charge in [0.15, 0.2) is 5.82 Å². The Balaban J connectivity index is 2.85. The standard InChI is InChI=1S/C4H9N5/c1-3(2)4-6-8-9(5)7-4/h3H,5H2,1-2H3. The first-order chi connectivity index (χ1) is 4.20. The lowest BCUT2D eigenvalue weighted by atomic mass is 10.2. The van der Waals surface area contributed by atoms with E-state index in [1.165, 1.54) is 0 Å². The third-order valence-electron chi connectivity index (χ3n) is 0.960. The highest BCUT2D eigenvalue weighted by Gasteiger charge is 2.03. The van der Waals surface area contributed by atoms with Gasteiger partial charge in [0.25, 0.3) is 0 Å². The summed E-state index contributed by atoms with van der Waals surface area (Å²) in [5.74, 6) is 6.12. The summed E-state index contributed by atoms with van der Waals surface area (Å²) in [5, 5.41) is 10.9. The van der Waals surface area contributed by atoms with Gasteiger partial charge in [0.05, 0.1) is 0 Å². The van der Waals surface area contributed by atoms with Gasteiger partial charge in [0.2, 0.25) is 0 Å². The van der Waals surface area contributed by atoms with Crippen molar-refractivity contribution in [1.29, 1.82) is 0 Å². The van der Waals surface area contributed by atoms with Crippen LogP contribution in [-0.4, -0.2) is 20.3 Å². The minimum absolute atomic E-state index is 0.294. The minimum atomic E-state index is 0.294. The molecule has 5 heteroatoms. The van der Waals surface area contributed by atoms with Crippen LogP contribution in [0.4, 0.5) is 0 Å². The zero-order valence-corrected chi connectivity index (χ0v) is 5.44. The molecule has 0 aliphatic rings. The second kappa shape index (κ2) is 2.00. The molecule has 9 heavy (non-hydrogen) atoms. The van der Waals surface area contributed by atoms with Crippen molar-refractivity contribution in [3.8, 4) is 0 Å². The number of tetrazole rings is 1. The molecule has 0 amide bonds. The molecule has 0 saturated carbocycles. The summed E-state index contributed by atoms with van der Waals surface area (Å²) in [5.41, 5.74) is 0. The van der Waals surface area contributed by atoms with Crippen molar-refractivity contribution in [3.05, 3.63) is 5.82 Å². The minimum Gasteiger partial charge on any atom is -0.304 e. The highest BCUT2D eigenvalue weighted by Crippen LogP contribution is 2.03. The molecule has 0 spiro atoms. The fraction of sp³-hybridized carbons (Fsp3) is 0.750. The fourth-order valence-electron chi connectivity index (χ4n) is 0.468. The average Bonchev–Trinajstić information content (AvgIpc) is 2.14. The predicted molar refractivity (Wildman–Crippen MR) is 32.1 cm³/mol. The number of hydrogen-bond acceptors (Lipinski definition) is 4. The van der Waals surface area contributed by atoms with Crippen molar-refractivity contribution >= 4 is 0 Å². The van der Waals surface area contributed by atoms with E-state index < -0.39 is 0 Å². The molecule has 0 radical (unpaired) electrons. The summed E-state index contributed by atoms with van der Waals surface area (Å²) in [7, 11) is 0. The molecule has 0 bridgehead atoms. The van der Waals surface area contributed by atoms with Crippen molar-refractivity contribution < 1.29 is 0 Å². The molecule has 0 fully saturated rings. The molecule has 0 unspecified atom stereocenters. The van der Waals surface area contributed by atoms with Gasteiger partial charge < -0.3 is 5.84 Å². The monoisotopic (exact) mass is 127 g/mol. The molecule has 1 aromatic heterocycles. The second-order valence-electron chi connectivity index (χ2n) is 2.12. The summed E-state index contributed by atoms with van der Waals surface area (Å²) in [4.78, 5) is 0.968. The third-order valence-corrected chi connectivity index (χ3v) is 0.960. The number of hydrogen-bond donors (Lipinski definition) is 1. The van der Waals surface area contributed by atoms with Crippen molar-refractivity contribution in [3.63, 3.8) is 0 Å². The van der Waals surface area contributed by atoms with E-state index in [1.54, 1.807) is 0 Å². The molecule has 0 aliphatic carbocycles. The van der Waals surface area contributed by atoms with E-state index in [9.17, 15) is 0 Å². The first kappa shape index (κ1) is 6.00. The van der Waals surface area contributed by atoms with E-state index in [0.29, 0.717) is 11.7 Å². The maximum Gasteiger partial charge on any atom is 0.179 e. The maximum absolute atomic E-state index is 5.15. The first-order valence-corrected chi connectivity index (χ1v) is 2.75. The smallest absolute Gasteiger partial charge is 0.179 e. The number of nitrogens with zero attached hydrogens (tertiary/aromatic N) is 4. The summed E-state index contributed by atoms with van der Waals surface area (Å²) < 4.78 is 0. The van der Waals surface area contributed by atoms with Crippen LogP contribution < -0.4 is 5.84 Å². The van der Waals surface area contributed by atoms with Crippen LogP contribution in [0.15, 0.2) is 0 Å².